The molecule has 1 aromatic rings. The number of ether oxygens (including phenoxy) is 2. The molecule has 0 saturated carbocycles. The average Bonchev–Trinajstić information content (AvgIpc) is 2.93. The first-order valence-electron chi connectivity index (χ1n) is 8.28. The van der Waals surface area contributed by atoms with Gasteiger partial charge in [0.15, 0.2) is 11.5 Å². The molecule has 136 valence electrons. The summed E-state index contributed by atoms with van der Waals surface area (Å²) in [4.78, 5) is 14.7. The maximum Gasteiger partial charge on any atom is 0.254 e. The molecule has 2 atom stereocenters. The lowest BCUT2D eigenvalue weighted by molar-refractivity contribution is 0.0743. The number of carbonyl (C=O) groups excluding carboxylic acids is 1. The van der Waals surface area contributed by atoms with E-state index in [1.54, 1.807) is 13.2 Å². The van der Waals surface area contributed by atoms with E-state index in [1.807, 2.05) is 17.0 Å². The zero-order valence-corrected chi connectivity index (χ0v) is 15.8. The minimum absolute atomic E-state index is 0. The van der Waals surface area contributed by atoms with Crippen molar-refractivity contribution in [3.05, 3.63) is 23.8 Å². The van der Waals surface area contributed by atoms with Crippen LogP contribution in [0.25, 0.3) is 0 Å². The first-order chi connectivity index (χ1) is 11.0. The molecule has 2 unspecified atom stereocenters. The van der Waals surface area contributed by atoms with E-state index in [-0.39, 0.29) is 24.4 Å². The van der Waals surface area contributed by atoms with Gasteiger partial charge in [0.2, 0.25) is 0 Å². The van der Waals surface area contributed by atoms with Gasteiger partial charge >= 0.3 is 0 Å². The maximum absolute atomic E-state index is 12.8. The number of halogens is 1. The van der Waals surface area contributed by atoms with Crippen molar-refractivity contribution in [1.82, 2.24) is 4.90 Å². The van der Waals surface area contributed by atoms with Crippen LogP contribution in [0.15, 0.2) is 18.2 Å². The number of hydrogen-bond donors (Lipinski definition) is 1. The van der Waals surface area contributed by atoms with Crippen LogP contribution in [-0.2, 0) is 0 Å². The number of likely N-dealkylation sites (tertiary alicyclic amines) is 1. The fourth-order valence-corrected chi connectivity index (χ4v) is 2.94. The van der Waals surface area contributed by atoms with E-state index in [1.165, 1.54) is 0 Å². The molecule has 1 aliphatic heterocycles. The van der Waals surface area contributed by atoms with Gasteiger partial charge in [-0.1, -0.05) is 13.8 Å². The molecule has 0 aliphatic carbocycles. The first kappa shape index (κ1) is 20.6. The van der Waals surface area contributed by atoms with Crippen LogP contribution in [0.3, 0.4) is 0 Å². The highest BCUT2D eigenvalue weighted by molar-refractivity contribution is 5.95. The summed E-state index contributed by atoms with van der Waals surface area (Å²) in [5.41, 5.74) is 6.37. The highest BCUT2D eigenvalue weighted by Crippen LogP contribution is 2.30. The molecule has 0 aromatic heterocycles. The lowest BCUT2D eigenvalue weighted by Crippen LogP contribution is -2.34. The Kier molecular flexibility index (Phi) is 7.84. The summed E-state index contributed by atoms with van der Waals surface area (Å²) in [6.45, 7) is 8.22. The van der Waals surface area contributed by atoms with E-state index in [9.17, 15) is 4.79 Å². The monoisotopic (exact) mass is 356 g/mol. The number of amides is 1. The molecule has 1 saturated heterocycles. The van der Waals surface area contributed by atoms with Crippen LogP contribution in [0, 0.1) is 11.8 Å². The highest BCUT2D eigenvalue weighted by Gasteiger charge is 2.32. The van der Waals surface area contributed by atoms with Crippen molar-refractivity contribution in [3.63, 3.8) is 0 Å². The van der Waals surface area contributed by atoms with Gasteiger partial charge in [0.05, 0.1) is 13.7 Å². The molecular weight excluding hydrogens is 328 g/mol. The minimum Gasteiger partial charge on any atom is -0.493 e. The molecule has 0 radical (unpaired) electrons. The topological polar surface area (TPSA) is 64.8 Å². The number of nitrogens with two attached hydrogens (primary N) is 1. The Labute approximate surface area is 150 Å². The molecule has 2 rings (SSSR count). The molecule has 1 aliphatic rings. The summed E-state index contributed by atoms with van der Waals surface area (Å²) in [6, 6.07) is 5.61. The number of methoxy groups -OCH3 is 1. The summed E-state index contributed by atoms with van der Waals surface area (Å²) < 4.78 is 11.1. The Hall–Kier alpha value is -1.46. The van der Waals surface area contributed by atoms with Crippen molar-refractivity contribution in [2.24, 2.45) is 17.6 Å². The fraction of sp³-hybridized carbons (Fsp3) is 0.611. The fourth-order valence-electron chi connectivity index (χ4n) is 2.94. The predicted molar refractivity (Wildman–Crippen MR) is 98.2 cm³/mol. The Morgan fingerprint density at radius 1 is 1.38 bits per heavy atom. The van der Waals surface area contributed by atoms with Crippen molar-refractivity contribution >= 4 is 18.3 Å². The summed E-state index contributed by atoms with van der Waals surface area (Å²) in [5.74, 6) is 2.12. The van der Waals surface area contributed by atoms with Crippen molar-refractivity contribution in [2.75, 3.05) is 26.8 Å². The molecule has 2 N–H and O–H groups in total. The average molecular weight is 357 g/mol. The molecule has 1 aromatic carbocycles. The molecule has 1 amide bonds. The van der Waals surface area contributed by atoms with Gasteiger partial charge in [0.1, 0.15) is 0 Å². The second-order valence-corrected chi connectivity index (χ2v) is 6.71. The van der Waals surface area contributed by atoms with Crippen LogP contribution in [0.2, 0.25) is 0 Å². The van der Waals surface area contributed by atoms with Crippen LogP contribution in [-0.4, -0.2) is 43.7 Å². The van der Waals surface area contributed by atoms with Gasteiger partial charge in [-0.25, -0.2) is 0 Å². The molecular formula is C18H29ClN2O3. The van der Waals surface area contributed by atoms with E-state index in [0.29, 0.717) is 42.0 Å². The standard InChI is InChI=1S/C18H28N2O3.ClH/c1-12(2)11-23-16-6-5-15(8-17(16)22-4)18(21)20-10-14(9-19)7-13(20)3;/h5-6,8,12-14H,7,9-11,19H2,1-4H3;1H. The largest absolute Gasteiger partial charge is 0.493 e. The lowest BCUT2D eigenvalue weighted by Gasteiger charge is -2.22. The van der Waals surface area contributed by atoms with Gasteiger partial charge in [0, 0.05) is 18.2 Å². The molecule has 0 spiro atoms. The number of benzene rings is 1. The van der Waals surface area contributed by atoms with Crippen molar-refractivity contribution in [1.29, 1.82) is 0 Å². The van der Waals surface area contributed by atoms with E-state index in [4.69, 9.17) is 15.2 Å². The van der Waals surface area contributed by atoms with Gasteiger partial charge in [-0.3, -0.25) is 4.79 Å². The second kappa shape index (κ2) is 9.14. The third-order valence-electron chi connectivity index (χ3n) is 4.24. The third-order valence-corrected chi connectivity index (χ3v) is 4.24. The van der Waals surface area contributed by atoms with Gasteiger partial charge in [-0.15, -0.1) is 12.4 Å². The summed E-state index contributed by atoms with van der Waals surface area (Å²) in [7, 11) is 1.59. The number of carbonyl (C=O) groups is 1. The van der Waals surface area contributed by atoms with Gasteiger partial charge in [0.25, 0.3) is 5.91 Å². The number of nitrogens with zero attached hydrogens (tertiary/aromatic N) is 1. The Balaban J connectivity index is 0.00000288. The zero-order valence-electron chi connectivity index (χ0n) is 15.0. The molecule has 1 fully saturated rings. The third kappa shape index (κ3) is 4.77. The molecule has 1 heterocycles. The zero-order chi connectivity index (χ0) is 17.0. The van der Waals surface area contributed by atoms with Gasteiger partial charge in [-0.2, -0.15) is 0 Å². The number of hydrogen-bond acceptors (Lipinski definition) is 4. The first-order valence-corrected chi connectivity index (χ1v) is 8.28. The van der Waals surface area contributed by atoms with Crippen molar-refractivity contribution < 1.29 is 14.3 Å². The van der Waals surface area contributed by atoms with Gasteiger partial charge < -0.3 is 20.1 Å². The smallest absolute Gasteiger partial charge is 0.254 e. The van der Waals surface area contributed by atoms with Crippen LogP contribution in [0.5, 0.6) is 11.5 Å². The summed E-state index contributed by atoms with van der Waals surface area (Å²) >= 11 is 0. The quantitative estimate of drug-likeness (QED) is 0.851. The number of rotatable bonds is 6. The second-order valence-electron chi connectivity index (χ2n) is 6.71. The van der Waals surface area contributed by atoms with E-state index < -0.39 is 0 Å². The van der Waals surface area contributed by atoms with Crippen LogP contribution < -0.4 is 15.2 Å². The molecule has 5 nitrogen and oxygen atoms in total. The summed E-state index contributed by atoms with van der Waals surface area (Å²) in [6.07, 6.45) is 0.967. The van der Waals surface area contributed by atoms with Crippen molar-refractivity contribution in [3.8, 4) is 11.5 Å². The van der Waals surface area contributed by atoms with Crippen molar-refractivity contribution in [2.45, 2.75) is 33.2 Å². The lowest BCUT2D eigenvalue weighted by atomic mass is 10.1. The van der Waals surface area contributed by atoms with E-state index in [0.717, 1.165) is 13.0 Å². The normalized spacial score (nSPS) is 20.0. The van der Waals surface area contributed by atoms with E-state index >= 15 is 0 Å². The maximum atomic E-state index is 12.8. The highest BCUT2D eigenvalue weighted by atomic mass is 35.5. The summed E-state index contributed by atoms with van der Waals surface area (Å²) in [5, 5.41) is 0. The van der Waals surface area contributed by atoms with E-state index in [2.05, 4.69) is 20.8 Å². The predicted octanol–water partition coefficient (Wildman–Crippen LogP) is 2.96. The SMILES string of the molecule is COc1cc(C(=O)N2CC(CN)CC2C)ccc1OCC(C)C.Cl. The Bertz CT molecular complexity index is 551. The van der Waals surface area contributed by atoms with Crippen LogP contribution >= 0.6 is 12.4 Å². The Morgan fingerprint density at radius 3 is 2.62 bits per heavy atom. The molecule has 6 heteroatoms. The molecule has 24 heavy (non-hydrogen) atoms. The molecule has 0 bridgehead atoms. The van der Waals surface area contributed by atoms with Gasteiger partial charge in [-0.05, 0) is 49.9 Å². The Morgan fingerprint density at radius 2 is 2.08 bits per heavy atom. The minimum atomic E-state index is 0. The van der Waals surface area contributed by atoms with Crippen LogP contribution in [0.4, 0.5) is 0 Å². The van der Waals surface area contributed by atoms with Crippen LogP contribution in [0.1, 0.15) is 37.6 Å².